The summed E-state index contributed by atoms with van der Waals surface area (Å²) in [5.74, 6) is -0.295. The highest BCUT2D eigenvalue weighted by molar-refractivity contribution is 7.89. The molecule has 6 heteroatoms. The molecule has 0 atom stereocenters. The van der Waals surface area contributed by atoms with Crippen LogP contribution in [0.1, 0.15) is 37.7 Å². The molecule has 1 amide bonds. The summed E-state index contributed by atoms with van der Waals surface area (Å²) >= 11 is 0. The number of sulfonamides is 1. The van der Waals surface area contributed by atoms with E-state index in [0.717, 1.165) is 37.7 Å². The van der Waals surface area contributed by atoms with Crippen LogP contribution in [0.2, 0.25) is 0 Å². The van der Waals surface area contributed by atoms with Crippen molar-refractivity contribution in [1.29, 1.82) is 0 Å². The average molecular weight is 350 g/mol. The van der Waals surface area contributed by atoms with Crippen LogP contribution in [0.5, 0.6) is 0 Å². The van der Waals surface area contributed by atoms with Crippen LogP contribution < -0.4 is 5.32 Å². The third kappa shape index (κ3) is 4.68. The van der Waals surface area contributed by atoms with E-state index in [1.807, 2.05) is 6.92 Å². The highest BCUT2D eigenvalue weighted by Crippen LogP contribution is 2.27. The lowest BCUT2D eigenvalue weighted by Crippen LogP contribution is -2.47. The van der Waals surface area contributed by atoms with Crippen molar-refractivity contribution in [3.8, 4) is 0 Å². The number of carbonyl (C=O) groups excluding carboxylic acids is 1. The molecule has 1 N–H and O–H groups in total. The molecule has 0 unspecified atom stereocenters. The molecule has 5 nitrogen and oxygen atoms in total. The topological polar surface area (TPSA) is 66.5 Å². The molecule has 1 aliphatic carbocycles. The first-order valence-corrected chi connectivity index (χ1v) is 9.85. The fourth-order valence-corrected chi connectivity index (χ4v) is 4.65. The number of carbonyl (C=O) groups is 1. The molecule has 0 spiro atoms. The molecule has 0 aromatic heterocycles. The highest BCUT2D eigenvalue weighted by atomic mass is 32.2. The molecule has 0 heterocycles. The van der Waals surface area contributed by atoms with Gasteiger partial charge in [0.05, 0.1) is 11.4 Å². The molecule has 1 fully saturated rings. The smallest absolute Gasteiger partial charge is 0.243 e. The maximum Gasteiger partial charge on any atom is 0.243 e. The van der Waals surface area contributed by atoms with Gasteiger partial charge in [-0.1, -0.05) is 43.0 Å². The second-order valence-corrected chi connectivity index (χ2v) is 8.14. The SMILES string of the molecule is C=CCNC(=O)CN(C1CCCCC1)S(=O)(=O)c1ccc(C)cc1. The van der Waals surface area contributed by atoms with E-state index in [-0.39, 0.29) is 23.4 Å². The molecule has 24 heavy (non-hydrogen) atoms. The standard InChI is InChI=1S/C18H26N2O3S/c1-3-13-19-18(21)14-20(16-7-5-4-6-8-16)24(22,23)17-11-9-15(2)10-12-17/h3,9-12,16H,1,4-8,13-14H2,2H3,(H,19,21). The number of aryl methyl sites for hydroxylation is 1. The van der Waals surface area contributed by atoms with E-state index in [4.69, 9.17) is 0 Å². The molecule has 0 aliphatic heterocycles. The summed E-state index contributed by atoms with van der Waals surface area (Å²) in [6.07, 6.45) is 6.31. The Labute approximate surface area is 144 Å². The van der Waals surface area contributed by atoms with Gasteiger partial charge in [0.2, 0.25) is 15.9 Å². The minimum atomic E-state index is -3.69. The van der Waals surface area contributed by atoms with E-state index in [9.17, 15) is 13.2 Å². The Bertz CT molecular complexity index is 662. The van der Waals surface area contributed by atoms with E-state index >= 15 is 0 Å². The van der Waals surface area contributed by atoms with Gasteiger partial charge < -0.3 is 5.32 Å². The zero-order valence-electron chi connectivity index (χ0n) is 14.2. The molecule has 1 aliphatic rings. The lowest BCUT2D eigenvalue weighted by Gasteiger charge is -2.33. The molecule has 0 saturated heterocycles. The van der Waals surface area contributed by atoms with Gasteiger partial charge in [-0.25, -0.2) is 8.42 Å². The van der Waals surface area contributed by atoms with E-state index < -0.39 is 10.0 Å². The summed E-state index contributed by atoms with van der Waals surface area (Å²) in [5, 5.41) is 2.67. The minimum absolute atomic E-state index is 0.112. The maximum absolute atomic E-state index is 13.1. The summed E-state index contributed by atoms with van der Waals surface area (Å²) in [6.45, 7) is 5.67. The minimum Gasteiger partial charge on any atom is -0.351 e. The van der Waals surface area contributed by atoms with Crippen LogP contribution in [0.4, 0.5) is 0 Å². The Morgan fingerprint density at radius 3 is 2.46 bits per heavy atom. The van der Waals surface area contributed by atoms with Gasteiger partial charge in [0.1, 0.15) is 0 Å². The Balaban J connectivity index is 2.27. The van der Waals surface area contributed by atoms with Gasteiger partial charge in [-0.05, 0) is 31.9 Å². The highest BCUT2D eigenvalue weighted by Gasteiger charge is 2.33. The number of hydrogen-bond acceptors (Lipinski definition) is 3. The Morgan fingerprint density at radius 1 is 1.25 bits per heavy atom. The van der Waals surface area contributed by atoms with Gasteiger partial charge in [0.25, 0.3) is 0 Å². The van der Waals surface area contributed by atoms with Crippen molar-refractivity contribution < 1.29 is 13.2 Å². The van der Waals surface area contributed by atoms with Crippen molar-refractivity contribution in [2.75, 3.05) is 13.1 Å². The number of nitrogens with zero attached hydrogens (tertiary/aromatic N) is 1. The van der Waals surface area contributed by atoms with Gasteiger partial charge in [0, 0.05) is 12.6 Å². The third-order valence-corrected chi connectivity index (χ3v) is 6.27. The molecule has 0 radical (unpaired) electrons. The zero-order valence-corrected chi connectivity index (χ0v) is 15.0. The molecule has 2 rings (SSSR count). The van der Waals surface area contributed by atoms with Crippen molar-refractivity contribution in [3.05, 3.63) is 42.5 Å². The second-order valence-electron chi connectivity index (χ2n) is 6.25. The third-order valence-electron chi connectivity index (χ3n) is 4.35. The van der Waals surface area contributed by atoms with E-state index in [2.05, 4.69) is 11.9 Å². The van der Waals surface area contributed by atoms with Gasteiger partial charge in [-0.15, -0.1) is 6.58 Å². The average Bonchev–Trinajstić information content (AvgIpc) is 2.59. The fraction of sp³-hybridized carbons (Fsp3) is 0.500. The largest absolute Gasteiger partial charge is 0.351 e. The summed E-state index contributed by atoms with van der Waals surface area (Å²) in [7, 11) is -3.69. The summed E-state index contributed by atoms with van der Waals surface area (Å²) in [6, 6.07) is 6.68. The first-order valence-electron chi connectivity index (χ1n) is 8.41. The lowest BCUT2D eigenvalue weighted by atomic mass is 9.95. The van der Waals surface area contributed by atoms with Crippen molar-refractivity contribution in [1.82, 2.24) is 9.62 Å². The number of hydrogen-bond donors (Lipinski definition) is 1. The normalized spacial score (nSPS) is 16.1. The number of rotatable bonds is 7. The molecular formula is C18H26N2O3S. The number of amides is 1. The zero-order chi connectivity index (χ0) is 17.6. The Kier molecular flexibility index (Phi) is 6.57. The van der Waals surface area contributed by atoms with Crippen LogP contribution in [-0.4, -0.2) is 37.8 Å². The monoisotopic (exact) mass is 350 g/mol. The molecule has 1 saturated carbocycles. The van der Waals surface area contributed by atoms with Crippen molar-refractivity contribution >= 4 is 15.9 Å². The van der Waals surface area contributed by atoms with Crippen LogP contribution in [0.15, 0.2) is 41.8 Å². The van der Waals surface area contributed by atoms with Crippen LogP contribution in [0.25, 0.3) is 0 Å². The first-order chi connectivity index (χ1) is 11.4. The second kappa shape index (κ2) is 8.44. The van der Waals surface area contributed by atoms with Crippen LogP contribution in [0, 0.1) is 6.92 Å². The maximum atomic E-state index is 13.1. The number of nitrogens with one attached hydrogen (secondary N) is 1. The van der Waals surface area contributed by atoms with Gasteiger partial charge in [-0.3, -0.25) is 4.79 Å². The molecular weight excluding hydrogens is 324 g/mol. The van der Waals surface area contributed by atoms with E-state index in [0.29, 0.717) is 6.54 Å². The van der Waals surface area contributed by atoms with Gasteiger partial charge >= 0.3 is 0 Å². The summed E-state index contributed by atoms with van der Waals surface area (Å²) < 4.78 is 27.5. The quantitative estimate of drug-likeness (QED) is 0.769. The van der Waals surface area contributed by atoms with E-state index in [1.54, 1.807) is 30.3 Å². The van der Waals surface area contributed by atoms with Crippen LogP contribution in [-0.2, 0) is 14.8 Å². The Morgan fingerprint density at radius 2 is 1.88 bits per heavy atom. The molecule has 132 valence electrons. The predicted molar refractivity (Wildman–Crippen MR) is 95.2 cm³/mol. The van der Waals surface area contributed by atoms with E-state index in [1.165, 1.54) is 4.31 Å². The fourth-order valence-electron chi connectivity index (χ4n) is 3.01. The molecule has 0 bridgehead atoms. The van der Waals surface area contributed by atoms with Crippen LogP contribution in [0.3, 0.4) is 0 Å². The molecule has 1 aromatic carbocycles. The lowest BCUT2D eigenvalue weighted by molar-refractivity contribution is -0.121. The Hall–Kier alpha value is -1.66. The first kappa shape index (κ1) is 18.7. The van der Waals surface area contributed by atoms with Crippen molar-refractivity contribution in [3.63, 3.8) is 0 Å². The van der Waals surface area contributed by atoms with Crippen molar-refractivity contribution in [2.45, 2.75) is 50.0 Å². The number of benzene rings is 1. The summed E-state index contributed by atoms with van der Waals surface area (Å²) in [4.78, 5) is 12.4. The molecule has 1 aromatic rings. The van der Waals surface area contributed by atoms with Gasteiger partial charge in [0.15, 0.2) is 0 Å². The van der Waals surface area contributed by atoms with Crippen molar-refractivity contribution in [2.24, 2.45) is 0 Å². The summed E-state index contributed by atoms with van der Waals surface area (Å²) in [5.41, 5.74) is 1.00. The van der Waals surface area contributed by atoms with Gasteiger partial charge in [-0.2, -0.15) is 4.31 Å². The predicted octanol–water partition coefficient (Wildman–Crippen LogP) is 2.62. The van der Waals surface area contributed by atoms with Crippen LogP contribution >= 0.6 is 0 Å².